The van der Waals surface area contributed by atoms with Gasteiger partial charge in [-0.3, -0.25) is 9.59 Å². The monoisotopic (exact) mass is 457 g/mol. The molecule has 2 N–H and O–H groups in total. The molecule has 7 heteroatoms. The second kappa shape index (κ2) is 9.27. The zero-order chi connectivity index (χ0) is 23.7. The van der Waals surface area contributed by atoms with Crippen LogP contribution < -0.4 is 10.9 Å². The van der Waals surface area contributed by atoms with E-state index >= 15 is 0 Å². The maximum absolute atomic E-state index is 13.1. The fraction of sp³-hybridized carbons (Fsp3) is 0.296. The van der Waals surface area contributed by atoms with E-state index in [1.165, 1.54) is 0 Å². The van der Waals surface area contributed by atoms with Crippen molar-refractivity contribution in [2.45, 2.75) is 51.3 Å². The van der Waals surface area contributed by atoms with E-state index in [1.807, 2.05) is 49.4 Å². The van der Waals surface area contributed by atoms with Crippen molar-refractivity contribution in [2.75, 3.05) is 0 Å². The van der Waals surface area contributed by atoms with Gasteiger partial charge in [0.2, 0.25) is 0 Å². The molecule has 1 fully saturated rings. The highest BCUT2D eigenvalue weighted by Crippen LogP contribution is 2.25. The molecule has 2 aromatic carbocycles. The number of benzene rings is 2. The predicted molar refractivity (Wildman–Crippen MR) is 130 cm³/mol. The molecule has 5 rings (SSSR count). The molecular weight excluding hydrogens is 430 g/mol. The van der Waals surface area contributed by atoms with Gasteiger partial charge >= 0.3 is 0 Å². The molecule has 1 aliphatic rings. The van der Waals surface area contributed by atoms with Crippen LogP contribution in [0.5, 0.6) is 0 Å². The summed E-state index contributed by atoms with van der Waals surface area (Å²) in [6.45, 7) is 2.26. The summed E-state index contributed by atoms with van der Waals surface area (Å²) in [6, 6.07) is 15.1. The molecule has 1 amide bonds. The fourth-order valence-corrected chi connectivity index (χ4v) is 4.65. The molecule has 0 unspecified atom stereocenters. The summed E-state index contributed by atoms with van der Waals surface area (Å²) in [5.74, 6) is -0.120. The first-order valence-electron chi connectivity index (χ1n) is 11.6. The van der Waals surface area contributed by atoms with E-state index in [9.17, 15) is 14.7 Å². The minimum Gasteiger partial charge on any atom is -0.393 e. The van der Waals surface area contributed by atoms with Gasteiger partial charge < -0.3 is 19.5 Å². The van der Waals surface area contributed by atoms with Crippen LogP contribution >= 0.6 is 0 Å². The number of aryl methyl sites for hydroxylation is 1. The number of nitrogens with one attached hydrogen (secondary N) is 1. The Labute approximate surface area is 197 Å². The molecule has 2 heterocycles. The van der Waals surface area contributed by atoms with Crippen LogP contribution in [0.2, 0.25) is 0 Å². The molecule has 0 atom stereocenters. The Morgan fingerprint density at radius 1 is 1.15 bits per heavy atom. The molecule has 0 aliphatic heterocycles. The van der Waals surface area contributed by atoms with Crippen molar-refractivity contribution in [1.29, 1.82) is 0 Å². The first-order chi connectivity index (χ1) is 16.5. The summed E-state index contributed by atoms with van der Waals surface area (Å²) in [6.07, 6.45) is 6.16. The highest BCUT2D eigenvalue weighted by molar-refractivity contribution is 5.94. The van der Waals surface area contributed by atoms with E-state index in [4.69, 9.17) is 4.52 Å². The molecule has 174 valence electrons. The van der Waals surface area contributed by atoms with Gasteiger partial charge in [0.15, 0.2) is 0 Å². The van der Waals surface area contributed by atoms with Crippen LogP contribution in [0.1, 0.15) is 47.3 Å². The Hall–Kier alpha value is -3.71. The quantitative estimate of drug-likeness (QED) is 0.471. The number of hydrogen-bond donors (Lipinski definition) is 2. The maximum Gasteiger partial charge on any atom is 0.258 e. The van der Waals surface area contributed by atoms with Gasteiger partial charge in [-0.1, -0.05) is 23.4 Å². The van der Waals surface area contributed by atoms with Crippen molar-refractivity contribution in [3.05, 3.63) is 88.2 Å². The third kappa shape index (κ3) is 4.52. The number of aromatic nitrogens is 2. The summed E-state index contributed by atoms with van der Waals surface area (Å²) < 4.78 is 6.70. The topological polar surface area (TPSA) is 97.4 Å². The van der Waals surface area contributed by atoms with E-state index in [-0.39, 0.29) is 23.6 Å². The van der Waals surface area contributed by atoms with Crippen molar-refractivity contribution in [2.24, 2.45) is 0 Å². The molecule has 7 nitrogen and oxygen atoms in total. The summed E-state index contributed by atoms with van der Waals surface area (Å²) in [5.41, 5.74) is 4.04. The highest BCUT2D eigenvalue weighted by Gasteiger charge is 2.21. The average Bonchev–Trinajstić information content (AvgIpc) is 3.28. The van der Waals surface area contributed by atoms with Crippen LogP contribution in [0, 0.1) is 6.92 Å². The second-order valence-corrected chi connectivity index (χ2v) is 9.04. The zero-order valence-corrected chi connectivity index (χ0v) is 19.0. The minimum atomic E-state index is -0.255. The summed E-state index contributed by atoms with van der Waals surface area (Å²) in [7, 11) is 0. The van der Waals surface area contributed by atoms with E-state index in [1.54, 1.807) is 23.1 Å². The smallest absolute Gasteiger partial charge is 0.258 e. The molecule has 4 aromatic rings. The van der Waals surface area contributed by atoms with E-state index in [2.05, 4.69) is 10.5 Å². The van der Waals surface area contributed by atoms with Crippen LogP contribution in [0.25, 0.3) is 21.9 Å². The van der Waals surface area contributed by atoms with Crippen LogP contribution in [-0.2, 0) is 6.54 Å². The van der Waals surface area contributed by atoms with E-state index in [0.29, 0.717) is 17.5 Å². The lowest BCUT2D eigenvalue weighted by Gasteiger charge is -2.26. The third-order valence-corrected chi connectivity index (χ3v) is 6.61. The Bertz CT molecular complexity index is 1400. The maximum atomic E-state index is 13.1. The Morgan fingerprint density at radius 2 is 1.97 bits per heavy atom. The number of aliphatic hydroxyl groups is 1. The summed E-state index contributed by atoms with van der Waals surface area (Å²) in [5, 5.41) is 18.1. The number of rotatable bonds is 5. The first kappa shape index (κ1) is 22.1. The van der Waals surface area contributed by atoms with Crippen molar-refractivity contribution in [1.82, 2.24) is 15.0 Å². The molecule has 0 saturated heterocycles. The molecule has 1 saturated carbocycles. The van der Waals surface area contributed by atoms with E-state index in [0.717, 1.165) is 53.5 Å². The summed E-state index contributed by atoms with van der Waals surface area (Å²) >= 11 is 0. The standard InChI is InChI=1S/C27H27N3O4/c1-17-25(16-34-29-17)19-5-10-24-20(14-19)11-12-30(27(24)33)15-18-3-2-4-21(13-18)26(32)28-22-6-8-23(31)9-7-22/h2-5,10-14,16,22-23,31H,6-9,15H2,1H3,(H,28,32)/t22-,23+. The lowest BCUT2D eigenvalue weighted by molar-refractivity contribution is 0.0867. The molecule has 0 spiro atoms. The molecular formula is C27H27N3O4. The molecule has 1 aliphatic carbocycles. The largest absolute Gasteiger partial charge is 0.393 e. The van der Waals surface area contributed by atoms with Gasteiger partial charge in [0.25, 0.3) is 11.5 Å². The van der Waals surface area contributed by atoms with E-state index < -0.39 is 0 Å². The SMILES string of the molecule is Cc1nocc1-c1ccc2c(=O)n(Cc3cccc(C(=O)N[C@H]4CC[C@@H](O)CC4)c3)ccc2c1. The van der Waals surface area contributed by atoms with Gasteiger partial charge in [0.1, 0.15) is 6.26 Å². The highest BCUT2D eigenvalue weighted by atomic mass is 16.5. The number of pyridine rings is 1. The van der Waals surface area contributed by atoms with Crippen molar-refractivity contribution < 1.29 is 14.4 Å². The van der Waals surface area contributed by atoms with Crippen molar-refractivity contribution in [3.8, 4) is 11.1 Å². The second-order valence-electron chi connectivity index (χ2n) is 9.04. The Kier molecular flexibility index (Phi) is 6.02. The van der Waals surface area contributed by atoms with Crippen LogP contribution in [0.15, 0.2) is 70.3 Å². The third-order valence-electron chi connectivity index (χ3n) is 6.61. The molecule has 0 radical (unpaired) electrons. The number of aliphatic hydroxyl groups excluding tert-OH is 1. The molecule has 34 heavy (non-hydrogen) atoms. The predicted octanol–water partition coefficient (Wildman–Crippen LogP) is 4.05. The molecule has 0 bridgehead atoms. The number of hydrogen-bond acceptors (Lipinski definition) is 5. The number of amides is 1. The number of fused-ring (bicyclic) bond motifs is 1. The van der Waals surface area contributed by atoms with Gasteiger partial charge in [0.05, 0.1) is 18.3 Å². The lowest BCUT2D eigenvalue weighted by atomic mass is 9.93. The van der Waals surface area contributed by atoms with Gasteiger partial charge in [-0.25, -0.2) is 0 Å². The van der Waals surface area contributed by atoms with Gasteiger partial charge in [-0.05, 0) is 79.5 Å². The van der Waals surface area contributed by atoms with Gasteiger partial charge in [0, 0.05) is 28.8 Å². The fourth-order valence-electron chi connectivity index (χ4n) is 4.65. The summed E-state index contributed by atoms with van der Waals surface area (Å²) in [4.78, 5) is 25.9. The number of carbonyl (C=O) groups excluding carboxylic acids is 1. The van der Waals surface area contributed by atoms with Crippen molar-refractivity contribution >= 4 is 16.7 Å². The molecule has 2 aromatic heterocycles. The van der Waals surface area contributed by atoms with Crippen molar-refractivity contribution in [3.63, 3.8) is 0 Å². The number of carbonyl (C=O) groups is 1. The van der Waals surface area contributed by atoms with Crippen LogP contribution in [-0.4, -0.2) is 32.9 Å². The van der Waals surface area contributed by atoms with Gasteiger partial charge in [-0.2, -0.15) is 0 Å². The number of nitrogens with zero attached hydrogens (tertiary/aromatic N) is 2. The Balaban J connectivity index is 1.35. The normalized spacial score (nSPS) is 18.2. The Morgan fingerprint density at radius 3 is 2.74 bits per heavy atom. The van der Waals surface area contributed by atoms with Crippen LogP contribution in [0.4, 0.5) is 0 Å². The van der Waals surface area contributed by atoms with Gasteiger partial charge in [-0.15, -0.1) is 0 Å². The van der Waals surface area contributed by atoms with Crippen LogP contribution in [0.3, 0.4) is 0 Å². The zero-order valence-electron chi connectivity index (χ0n) is 19.0. The average molecular weight is 458 g/mol. The minimum absolute atomic E-state index is 0.0818. The lowest BCUT2D eigenvalue weighted by Crippen LogP contribution is -2.38. The first-order valence-corrected chi connectivity index (χ1v) is 11.6.